The number of nitrogen functional groups attached to an aromatic ring is 1. The van der Waals surface area contributed by atoms with E-state index in [2.05, 4.69) is 31.2 Å². The maximum atomic E-state index is 14.9. The second-order valence-electron chi connectivity index (χ2n) is 5.84. The van der Waals surface area contributed by atoms with Crippen LogP contribution in [0.1, 0.15) is 28.0 Å². The van der Waals surface area contributed by atoms with Crippen molar-refractivity contribution in [3.8, 4) is 11.5 Å². The zero-order valence-electron chi connectivity index (χ0n) is 14.5. The van der Waals surface area contributed by atoms with Crippen LogP contribution in [0.15, 0.2) is 41.3 Å². The Bertz CT molecular complexity index is 1060. The van der Waals surface area contributed by atoms with Gasteiger partial charge in [-0.3, -0.25) is 4.79 Å². The van der Waals surface area contributed by atoms with Gasteiger partial charge in [0.15, 0.2) is 11.6 Å². The average molecular weight is 490 g/mol. The Labute approximate surface area is 176 Å². The lowest BCUT2D eigenvalue weighted by atomic mass is 10.1. The highest BCUT2D eigenvalue weighted by Gasteiger charge is 2.18. The van der Waals surface area contributed by atoms with Crippen LogP contribution in [0.5, 0.6) is 11.5 Å². The van der Waals surface area contributed by atoms with Gasteiger partial charge >= 0.3 is 0 Å². The molecular weight excluding hydrogens is 477 g/mol. The summed E-state index contributed by atoms with van der Waals surface area (Å²) < 4.78 is 46.5. The Hall–Kier alpha value is -2.72. The minimum absolute atomic E-state index is 0.0304. The van der Waals surface area contributed by atoms with Crippen LogP contribution in [0.2, 0.25) is 5.02 Å². The lowest BCUT2D eigenvalue weighted by Gasteiger charge is -2.14. The Morgan fingerprint density at radius 3 is 2.76 bits per heavy atom. The summed E-state index contributed by atoms with van der Waals surface area (Å²) in [6.07, 6.45) is -1.45. The number of carbonyl (C=O) groups excluding carboxylic acids is 1. The Balaban J connectivity index is 1.82. The second-order valence-corrected chi connectivity index (χ2v) is 7.00. The summed E-state index contributed by atoms with van der Waals surface area (Å²) in [5.41, 5.74) is 5.51. The van der Waals surface area contributed by atoms with E-state index in [4.69, 9.17) is 22.1 Å². The zero-order valence-corrected chi connectivity index (χ0v) is 16.8. The van der Waals surface area contributed by atoms with E-state index in [1.165, 1.54) is 24.5 Å². The highest BCUT2D eigenvalue weighted by molar-refractivity contribution is 9.10. The topological polar surface area (TPSA) is 93.0 Å². The number of hydrogen-bond donors (Lipinski definition) is 3. The van der Waals surface area contributed by atoms with Gasteiger partial charge in [0.05, 0.1) is 11.3 Å². The molecule has 0 radical (unpaired) electrons. The van der Waals surface area contributed by atoms with Gasteiger partial charge in [-0.2, -0.15) is 0 Å². The van der Waals surface area contributed by atoms with Crippen LogP contribution in [0, 0.1) is 5.82 Å². The third-order valence-electron chi connectivity index (χ3n) is 3.81. The van der Waals surface area contributed by atoms with E-state index >= 15 is 0 Å². The van der Waals surface area contributed by atoms with Gasteiger partial charge in [0, 0.05) is 29.4 Å². The molecule has 0 aliphatic heterocycles. The first-order valence-corrected chi connectivity index (χ1v) is 9.23. The van der Waals surface area contributed by atoms with Crippen LogP contribution < -0.4 is 15.8 Å². The Kier molecular flexibility index (Phi) is 6.33. The molecule has 3 rings (SSSR count). The van der Waals surface area contributed by atoms with Gasteiger partial charge in [-0.15, -0.1) is 0 Å². The van der Waals surface area contributed by atoms with Crippen molar-refractivity contribution in [2.75, 3.05) is 5.73 Å². The molecule has 6 nitrogen and oxygen atoms in total. The molecule has 1 amide bonds. The quantitative estimate of drug-likeness (QED) is 0.415. The van der Waals surface area contributed by atoms with Gasteiger partial charge in [0.25, 0.3) is 12.3 Å². The predicted octanol–water partition coefficient (Wildman–Crippen LogP) is 5.21. The van der Waals surface area contributed by atoms with Crippen LogP contribution in [0.4, 0.5) is 18.9 Å². The third kappa shape index (κ3) is 4.83. The van der Waals surface area contributed by atoms with Gasteiger partial charge in [-0.05, 0) is 34.1 Å². The molecule has 0 spiro atoms. The standard InChI is InChI=1S/C18H13BrClF3N4O2/c19-16-14(26-7-27-16)18(28)25-6-8-1-2-12(20)15(13(8)21)29-11-4-9(17(22)23)3-10(24)5-11/h1-5,7,17H,6,24H2,(H,25,28)(H,26,27). The van der Waals surface area contributed by atoms with Crippen LogP contribution >= 0.6 is 27.5 Å². The summed E-state index contributed by atoms with van der Waals surface area (Å²) in [5, 5.41) is 2.45. The van der Waals surface area contributed by atoms with Gasteiger partial charge in [0.1, 0.15) is 16.0 Å². The fraction of sp³-hybridized carbons (Fsp3) is 0.111. The molecule has 0 saturated heterocycles. The molecule has 152 valence electrons. The normalized spacial score (nSPS) is 11.0. The first-order chi connectivity index (χ1) is 13.8. The van der Waals surface area contributed by atoms with E-state index < -0.39 is 18.1 Å². The molecule has 0 atom stereocenters. The predicted molar refractivity (Wildman–Crippen MR) is 105 cm³/mol. The van der Waals surface area contributed by atoms with E-state index in [9.17, 15) is 18.0 Å². The molecule has 1 heterocycles. The maximum Gasteiger partial charge on any atom is 0.270 e. The number of rotatable bonds is 6. The highest BCUT2D eigenvalue weighted by atomic mass is 79.9. The number of halogens is 5. The number of hydrogen-bond acceptors (Lipinski definition) is 4. The average Bonchev–Trinajstić information content (AvgIpc) is 3.10. The summed E-state index contributed by atoms with van der Waals surface area (Å²) in [5.74, 6) is -1.82. The first kappa shape index (κ1) is 21.0. The van der Waals surface area contributed by atoms with Gasteiger partial charge in [-0.25, -0.2) is 18.2 Å². The molecule has 11 heteroatoms. The van der Waals surface area contributed by atoms with E-state index in [-0.39, 0.29) is 45.6 Å². The van der Waals surface area contributed by atoms with E-state index in [0.717, 1.165) is 12.1 Å². The largest absolute Gasteiger partial charge is 0.453 e. The minimum atomic E-state index is -2.77. The van der Waals surface area contributed by atoms with E-state index in [0.29, 0.717) is 4.60 Å². The molecule has 0 aliphatic rings. The molecule has 0 unspecified atom stereocenters. The number of anilines is 1. The number of alkyl halides is 2. The first-order valence-electron chi connectivity index (χ1n) is 8.06. The summed E-state index contributed by atoms with van der Waals surface area (Å²) in [6.45, 7) is -0.178. The molecule has 0 saturated carbocycles. The Morgan fingerprint density at radius 2 is 2.10 bits per heavy atom. The smallest absolute Gasteiger partial charge is 0.270 e. The Morgan fingerprint density at radius 1 is 1.34 bits per heavy atom. The van der Waals surface area contributed by atoms with Crippen molar-refractivity contribution in [3.05, 3.63) is 68.9 Å². The van der Waals surface area contributed by atoms with Gasteiger partial charge in [-0.1, -0.05) is 17.7 Å². The summed E-state index contributed by atoms with van der Waals surface area (Å²) in [6, 6.07) is 6.15. The van der Waals surface area contributed by atoms with Gasteiger partial charge < -0.3 is 20.8 Å². The maximum absolute atomic E-state index is 14.9. The number of nitrogens with one attached hydrogen (secondary N) is 2. The molecule has 4 N–H and O–H groups in total. The molecule has 2 aromatic carbocycles. The number of carbonyl (C=O) groups is 1. The SMILES string of the molecule is Nc1cc(Oc2c(Cl)ccc(CNC(=O)c3[nH]cnc3Br)c2F)cc(C(F)F)c1. The minimum Gasteiger partial charge on any atom is -0.453 e. The van der Waals surface area contributed by atoms with Crippen LogP contribution in [-0.2, 0) is 6.54 Å². The molecule has 0 aliphatic carbocycles. The molecule has 0 fully saturated rings. The lowest BCUT2D eigenvalue weighted by Crippen LogP contribution is -2.24. The zero-order chi connectivity index (χ0) is 21.1. The second kappa shape index (κ2) is 8.75. The monoisotopic (exact) mass is 488 g/mol. The number of imidazole rings is 1. The van der Waals surface area contributed by atoms with Gasteiger partial charge in [0.2, 0.25) is 0 Å². The van der Waals surface area contributed by atoms with Crippen LogP contribution in [0.25, 0.3) is 0 Å². The van der Waals surface area contributed by atoms with Crippen molar-refractivity contribution in [2.24, 2.45) is 0 Å². The number of aromatic nitrogens is 2. The van der Waals surface area contributed by atoms with Crippen LogP contribution in [0.3, 0.4) is 0 Å². The third-order valence-corrected chi connectivity index (χ3v) is 4.71. The van der Waals surface area contributed by atoms with Crippen molar-refractivity contribution in [1.29, 1.82) is 0 Å². The number of benzene rings is 2. The highest BCUT2D eigenvalue weighted by Crippen LogP contribution is 2.36. The number of amides is 1. The number of ether oxygens (including phenoxy) is 1. The fourth-order valence-corrected chi connectivity index (χ4v) is 3.03. The van der Waals surface area contributed by atoms with Crippen molar-refractivity contribution in [3.63, 3.8) is 0 Å². The summed E-state index contributed by atoms with van der Waals surface area (Å²) >= 11 is 9.12. The van der Waals surface area contributed by atoms with Crippen molar-refractivity contribution < 1.29 is 22.7 Å². The summed E-state index contributed by atoms with van der Waals surface area (Å²) in [7, 11) is 0. The number of aromatic amines is 1. The van der Waals surface area contributed by atoms with Crippen molar-refractivity contribution in [2.45, 2.75) is 13.0 Å². The number of nitrogens with zero attached hydrogens (tertiary/aromatic N) is 1. The summed E-state index contributed by atoms with van der Waals surface area (Å²) in [4.78, 5) is 18.6. The van der Waals surface area contributed by atoms with Crippen LogP contribution in [-0.4, -0.2) is 15.9 Å². The molecule has 1 aromatic heterocycles. The van der Waals surface area contributed by atoms with E-state index in [1.54, 1.807) is 0 Å². The lowest BCUT2D eigenvalue weighted by molar-refractivity contribution is 0.0945. The molecular formula is C18H13BrClF3N4O2. The molecule has 29 heavy (non-hydrogen) atoms. The molecule has 3 aromatic rings. The van der Waals surface area contributed by atoms with Crippen molar-refractivity contribution >= 4 is 39.1 Å². The van der Waals surface area contributed by atoms with Crippen molar-refractivity contribution in [1.82, 2.24) is 15.3 Å². The molecule has 0 bridgehead atoms. The number of H-pyrrole nitrogens is 1. The number of nitrogens with two attached hydrogens (primary N) is 1. The van der Waals surface area contributed by atoms with E-state index in [1.807, 2.05) is 0 Å². The fourth-order valence-electron chi connectivity index (χ4n) is 2.45.